The van der Waals surface area contributed by atoms with Crippen LogP contribution in [0.25, 0.3) is 0 Å². The van der Waals surface area contributed by atoms with Gasteiger partial charge in [-0.25, -0.2) is 4.79 Å². The Hall–Kier alpha value is -3.46. The Morgan fingerprint density at radius 1 is 0.640 bits per heavy atom. The van der Waals surface area contributed by atoms with Gasteiger partial charge in [-0.2, -0.15) is 0 Å². The summed E-state index contributed by atoms with van der Waals surface area (Å²) in [6, 6.07) is -1.40. The van der Waals surface area contributed by atoms with Crippen molar-refractivity contribution in [3.05, 3.63) is 60.8 Å². The molecule has 0 aliphatic carbocycles. The molecule has 0 saturated heterocycles. The number of aliphatic carboxylic acids is 1. The van der Waals surface area contributed by atoms with Gasteiger partial charge in [0.1, 0.15) is 12.1 Å². The van der Waals surface area contributed by atoms with Gasteiger partial charge in [0.05, 0.1) is 13.2 Å². The Morgan fingerprint density at radius 3 is 1.82 bits per heavy atom. The van der Waals surface area contributed by atoms with E-state index in [1.165, 1.54) is 44.9 Å². The highest BCUT2D eigenvalue weighted by atomic mass is 16.5. The van der Waals surface area contributed by atoms with Crippen molar-refractivity contribution >= 4 is 23.8 Å². The predicted molar refractivity (Wildman–Crippen MR) is 204 cm³/mol. The van der Waals surface area contributed by atoms with Gasteiger partial charge < -0.3 is 25.6 Å². The molecule has 4 N–H and O–H groups in total. The van der Waals surface area contributed by atoms with Gasteiger partial charge in [-0.3, -0.25) is 14.4 Å². The average molecular weight is 701 g/mol. The third-order valence-electron chi connectivity index (χ3n) is 7.98. The number of allylic oxidation sites excluding steroid dienone is 9. The van der Waals surface area contributed by atoms with Crippen molar-refractivity contribution < 1.29 is 34.1 Å². The first-order valence-electron chi connectivity index (χ1n) is 19.2. The van der Waals surface area contributed by atoms with Crippen molar-refractivity contribution in [3.8, 4) is 0 Å². The number of rotatable bonds is 33. The lowest BCUT2D eigenvalue weighted by atomic mass is 10.1. The highest BCUT2D eigenvalue weighted by Gasteiger charge is 2.18. The molecular formula is C41H68N2O7. The maximum absolute atomic E-state index is 12.7. The van der Waals surface area contributed by atoms with Crippen LogP contribution < -0.4 is 10.6 Å². The highest BCUT2D eigenvalue weighted by molar-refractivity contribution is 5.87. The van der Waals surface area contributed by atoms with Gasteiger partial charge in [-0.1, -0.05) is 113 Å². The van der Waals surface area contributed by atoms with Gasteiger partial charge in [0.15, 0.2) is 0 Å². The van der Waals surface area contributed by atoms with E-state index in [0.29, 0.717) is 19.3 Å². The summed E-state index contributed by atoms with van der Waals surface area (Å²) in [5.74, 6) is -2.52. The quantitative estimate of drug-likeness (QED) is 0.0305. The monoisotopic (exact) mass is 701 g/mol. The van der Waals surface area contributed by atoms with Crippen molar-refractivity contribution in [2.75, 3.05) is 13.2 Å². The first-order chi connectivity index (χ1) is 24.3. The van der Waals surface area contributed by atoms with Crippen LogP contribution in [-0.4, -0.2) is 59.3 Å². The molecule has 0 fully saturated rings. The molecule has 2 atom stereocenters. The van der Waals surface area contributed by atoms with Crippen LogP contribution in [0.4, 0.5) is 0 Å². The van der Waals surface area contributed by atoms with Crippen LogP contribution in [-0.2, 0) is 23.9 Å². The molecule has 0 aliphatic rings. The van der Waals surface area contributed by atoms with Crippen molar-refractivity contribution in [3.63, 3.8) is 0 Å². The largest absolute Gasteiger partial charge is 0.480 e. The van der Waals surface area contributed by atoms with E-state index in [-0.39, 0.29) is 30.9 Å². The third-order valence-corrected chi connectivity index (χ3v) is 7.98. The molecular weight excluding hydrogens is 632 g/mol. The lowest BCUT2D eigenvalue weighted by molar-refractivity contribution is -0.147. The zero-order valence-corrected chi connectivity index (χ0v) is 31.1. The average Bonchev–Trinajstić information content (AvgIpc) is 3.10. The maximum Gasteiger partial charge on any atom is 0.328 e. The maximum atomic E-state index is 12.7. The fourth-order valence-corrected chi connectivity index (χ4v) is 5.03. The Morgan fingerprint density at radius 2 is 1.20 bits per heavy atom. The van der Waals surface area contributed by atoms with Crippen molar-refractivity contribution in [1.82, 2.24) is 10.6 Å². The number of carboxylic acid groups (broad SMARTS) is 1. The summed E-state index contributed by atoms with van der Waals surface area (Å²) in [4.78, 5) is 47.5. The van der Waals surface area contributed by atoms with Crippen LogP contribution >= 0.6 is 0 Å². The molecule has 0 radical (unpaired) electrons. The van der Waals surface area contributed by atoms with Crippen LogP contribution in [0.2, 0.25) is 0 Å². The molecule has 50 heavy (non-hydrogen) atoms. The molecule has 0 rings (SSSR count). The molecule has 9 heteroatoms. The SMILES string of the molecule is CC/C=C\C/C=C\C/C=C\C/C=C\C(CCCCCC(=O)NCC(=O)NC(CO)C(=O)O)OC(=O)CCCCCCC/C=C\CCCCCC. The predicted octanol–water partition coefficient (Wildman–Crippen LogP) is 8.59. The minimum atomic E-state index is -1.40. The summed E-state index contributed by atoms with van der Waals surface area (Å²) in [6.45, 7) is 3.27. The second-order valence-corrected chi connectivity index (χ2v) is 12.6. The van der Waals surface area contributed by atoms with E-state index in [1.54, 1.807) is 0 Å². The minimum absolute atomic E-state index is 0.174. The molecule has 0 bridgehead atoms. The number of aliphatic hydroxyl groups excluding tert-OH is 1. The van der Waals surface area contributed by atoms with Crippen LogP contribution in [0, 0.1) is 0 Å². The fraction of sp³-hybridized carbons (Fsp3) is 0.659. The van der Waals surface area contributed by atoms with E-state index >= 15 is 0 Å². The first kappa shape index (κ1) is 46.5. The first-order valence-corrected chi connectivity index (χ1v) is 19.2. The van der Waals surface area contributed by atoms with E-state index in [1.807, 2.05) is 12.2 Å². The molecule has 0 aromatic carbocycles. The topological polar surface area (TPSA) is 142 Å². The summed E-state index contributed by atoms with van der Waals surface area (Å²) in [6.07, 6.45) is 41.1. The number of esters is 1. The zero-order chi connectivity index (χ0) is 36.9. The minimum Gasteiger partial charge on any atom is -0.480 e. The summed E-state index contributed by atoms with van der Waals surface area (Å²) in [7, 11) is 0. The number of hydrogen-bond donors (Lipinski definition) is 4. The number of aliphatic hydroxyl groups is 1. The van der Waals surface area contributed by atoms with E-state index in [4.69, 9.17) is 14.9 Å². The standard InChI is InChI=1S/C41H68N2O7/c1-3-5-7-9-11-13-15-16-18-20-22-24-29-33-40(47)50-36(30-26-23-21-19-17-14-12-10-8-6-4-2)31-27-25-28-32-38(45)42-34-39(46)43-37(35-44)41(48)49/h6,8,12-15,19,21,26,30,36-37,44H,3-5,7,9-11,16-18,20,22-25,27-29,31-35H2,1-2H3,(H,42,45)(H,43,46)(H,48,49)/b8-6-,14-12-,15-13-,21-19-,30-26-. The Bertz CT molecular complexity index is 1030. The van der Waals surface area contributed by atoms with Crippen LogP contribution in [0.3, 0.4) is 0 Å². The van der Waals surface area contributed by atoms with E-state index in [9.17, 15) is 19.2 Å². The van der Waals surface area contributed by atoms with Crippen molar-refractivity contribution in [2.24, 2.45) is 0 Å². The molecule has 2 unspecified atom stereocenters. The molecule has 0 heterocycles. The van der Waals surface area contributed by atoms with Gasteiger partial charge in [-0.15, -0.1) is 0 Å². The number of nitrogens with one attached hydrogen (secondary N) is 2. The summed E-state index contributed by atoms with van der Waals surface area (Å²) in [5.41, 5.74) is 0. The van der Waals surface area contributed by atoms with Crippen LogP contribution in [0.15, 0.2) is 60.8 Å². The molecule has 0 aromatic heterocycles. The van der Waals surface area contributed by atoms with E-state index in [0.717, 1.165) is 64.2 Å². The van der Waals surface area contributed by atoms with Gasteiger partial charge in [0.25, 0.3) is 0 Å². The third kappa shape index (κ3) is 31.8. The van der Waals surface area contributed by atoms with Gasteiger partial charge in [0.2, 0.25) is 11.8 Å². The Kier molecular flexibility index (Phi) is 32.9. The Labute approximate surface area is 302 Å². The second kappa shape index (κ2) is 35.4. The number of carboxylic acids is 1. The molecule has 0 aromatic rings. The fourth-order valence-electron chi connectivity index (χ4n) is 5.03. The van der Waals surface area contributed by atoms with Crippen molar-refractivity contribution in [2.45, 2.75) is 161 Å². The van der Waals surface area contributed by atoms with Crippen LogP contribution in [0.5, 0.6) is 0 Å². The van der Waals surface area contributed by atoms with Crippen LogP contribution in [0.1, 0.15) is 149 Å². The summed E-state index contributed by atoms with van der Waals surface area (Å²) < 4.78 is 5.84. The van der Waals surface area contributed by atoms with Gasteiger partial charge >= 0.3 is 11.9 Å². The normalized spacial score (nSPS) is 13.2. The zero-order valence-electron chi connectivity index (χ0n) is 31.1. The summed E-state index contributed by atoms with van der Waals surface area (Å²) in [5, 5.41) is 22.5. The number of ether oxygens (including phenoxy) is 1. The lowest BCUT2D eigenvalue weighted by Crippen LogP contribution is -2.47. The molecule has 0 spiro atoms. The lowest BCUT2D eigenvalue weighted by Gasteiger charge is -2.15. The number of hydrogen-bond acceptors (Lipinski definition) is 6. The number of amides is 2. The molecule has 9 nitrogen and oxygen atoms in total. The molecule has 2 amide bonds. The number of unbranched alkanes of at least 4 members (excludes halogenated alkanes) is 11. The smallest absolute Gasteiger partial charge is 0.328 e. The molecule has 284 valence electrons. The molecule has 0 saturated carbocycles. The van der Waals surface area contributed by atoms with Gasteiger partial charge in [0, 0.05) is 12.8 Å². The van der Waals surface area contributed by atoms with Crippen molar-refractivity contribution in [1.29, 1.82) is 0 Å². The number of carbonyl (C=O) groups excluding carboxylic acids is 3. The highest BCUT2D eigenvalue weighted by Crippen LogP contribution is 2.14. The Balaban J connectivity index is 4.53. The van der Waals surface area contributed by atoms with E-state index < -0.39 is 24.5 Å². The number of carbonyl (C=O) groups is 4. The summed E-state index contributed by atoms with van der Waals surface area (Å²) >= 11 is 0. The van der Waals surface area contributed by atoms with E-state index in [2.05, 4.69) is 73.1 Å². The second-order valence-electron chi connectivity index (χ2n) is 12.6. The van der Waals surface area contributed by atoms with Gasteiger partial charge in [-0.05, 0) is 83.1 Å². The molecule has 0 aliphatic heterocycles.